The van der Waals surface area contributed by atoms with Gasteiger partial charge in [0.1, 0.15) is 17.7 Å². The number of carbonyl (C=O) groups is 2. The Morgan fingerprint density at radius 3 is 2.16 bits per heavy atom. The fourth-order valence-electron chi connectivity index (χ4n) is 3.15. The molecule has 3 heterocycles. The fraction of sp³-hybridized carbons (Fsp3) is 0.409. The van der Waals surface area contributed by atoms with Gasteiger partial charge >= 0.3 is 23.9 Å². The SMILES string of the molecule is CC(=O)N(C)CCOc1nc2[nH]c(Nc3c(Cl)cncc3Cl)nc2cc1C(=O)NCC(F)(F)C(F)(F)C(F)(F)C(F)(F)F. The van der Waals surface area contributed by atoms with Crippen molar-refractivity contribution in [3.8, 4) is 5.88 Å². The Morgan fingerprint density at radius 2 is 1.60 bits per heavy atom. The van der Waals surface area contributed by atoms with E-state index in [2.05, 4.69) is 25.3 Å². The van der Waals surface area contributed by atoms with E-state index in [4.69, 9.17) is 27.9 Å². The molecule has 0 fully saturated rings. The molecule has 236 valence electrons. The van der Waals surface area contributed by atoms with Crippen molar-refractivity contribution in [3.05, 3.63) is 34.1 Å². The number of likely N-dealkylation sites (N-methyl/N-ethyl adjacent to an activating group) is 1. The highest BCUT2D eigenvalue weighted by atomic mass is 35.5. The summed E-state index contributed by atoms with van der Waals surface area (Å²) in [5, 5.41) is 4.05. The van der Waals surface area contributed by atoms with Crippen molar-refractivity contribution in [3.63, 3.8) is 0 Å². The maximum Gasteiger partial charge on any atom is 0.460 e. The molecule has 0 bridgehead atoms. The molecule has 0 aromatic carbocycles. The summed E-state index contributed by atoms with van der Waals surface area (Å²) in [5.41, 5.74) is -0.879. The van der Waals surface area contributed by atoms with Gasteiger partial charge in [-0.15, -0.1) is 0 Å². The van der Waals surface area contributed by atoms with Gasteiger partial charge in [0, 0.05) is 26.4 Å². The van der Waals surface area contributed by atoms with Crippen LogP contribution in [0.2, 0.25) is 10.0 Å². The molecule has 3 aromatic heterocycles. The summed E-state index contributed by atoms with van der Waals surface area (Å²) >= 11 is 12.1. The lowest BCUT2D eigenvalue weighted by atomic mass is 10.0. The number of hydrogen-bond acceptors (Lipinski definition) is 7. The Balaban J connectivity index is 1.94. The van der Waals surface area contributed by atoms with Gasteiger partial charge in [0.25, 0.3) is 5.91 Å². The lowest BCUT2D eigenvalue weighted by molar-refractivity contribution is -0.394. The van der Waals surface area contributed by atoms with Crippen molar-refractivity contribution in [1.82, 2.24) is 30.2 Å². The van der Waals surface area contributed by atoms with Crippen molar-refractivity contribution >= 4 is 57.8 Å². The Hall–Kier alpha value is -3.74. The zero-order valence-corrected chi connectivity index (χ0v) is 23.0. The molecular weight excluding hydrogens is 652 g/mol. The van der Waals surface area contributed by atoms with E-state index in [9.17, 15) is 49.1 Å². The molecule has 0 saturated carbocycles. The molecular formula is C22H18Cl2F9N7O3. The standard InChI is InChI=1S/C22H18Cl2F9N7O3/c1-9(41)40(2)3-4-43-17-10(16(42)35-8-19(25,26)20(27,28)21(29,30)22(31,32)33)5-13-15(38-17)39-18(36-13)37-14-11(23)6-34-7-12(14)24/h5-7H,3-4,8H2,1-2H3,(H,35,42)(H2,34,36,37,38,39). The van der Waals surface area contributed by atoms with Crippen molar-refractivity contribution < 1.29 is 53.8 Å². The number of halogens is 11. The Kier molecular flexibility index (Phi) is 9.50. The molecule has 3 rings (SSSR count). The van der Waals surface area contributed by atoms with Crippen LogP contribution in [0.3, 0.4) is 0 Å². The summed E-state index contributed by atoms with van der Waals surface area (Å²) in [6.45, 7) is -1.84. The summed E-state index contributed by atoms with van der Waals surface area (Å²) < 4.78 is 124. The number of nitrogens with one attached hydrogen (secondary N) is 3. The molecule has 2 amide bonds. The van der Waals surface area contributed by atoms with Gasteiger partial charge in [-0.25, -0.2) is 4.98 Å². The molecule has 0 aliphatic rings. The van der Waals surface area contributed by atoms with Gasteiger partial charge in [-0.05, 0) is 6.07 Å². The third-order valence-electron chi connectivity index (χ3n) is 5.66. The molecule has 0 radical (unpaired) electrons. The number of alkyl halides is 9. The number of ether oxygens (including phenoxy) is 1. The van der Waals surface area contributed by atoms with Crippen LogP contribution in [0, 0.1) is 0 Å². The van der Waals surface area contributed by atoms with Crippen LogP contribution in [0.4, 0.5) is 51.1 Å². The summed E-state index contributed by atoms with van der Waals surface area (Å²) in [6, 6.07) is 0.875. The molecule has 0 saturated heterocycles. The third kappa shape index (κ3) is 6.92. The first-order valence-electron chi connectivity index (χ1n) is 11.5. The zero-order chi connectivity index (χ0) is 32.5. The minimum Gasteiger partial charge on any atom is -0.475 e. The highest BCUT2D eigenvalue weighted by molar-refractivity contribution is 6.39. The average molecular weight is 670 g/mol. The molecule has 0 aliphatic heterocycles. The first-order chi connectivity index (χ1) is 19.7. The van der Waals surface area contributed by atoms with E-state index in [0.717, 1.165) is 6.07 Å². The largest absolute Gasteiger partial charge is 0.475 e. The highest BCUT2D eigenvalue weighted by Gasteiger charge is 2.81. The van der Waals surface area contributed by atoms with E-state index in [-0.39, 0.29) is 51.9 Å². The molecule has 0 spiro atoms. The molecule has 0 unspecified atom stereocenters. The highest BCUT2D eigenvalue weighted by Crippen LogP contribution is 2.52. The number of anilines is 2. The summed E-state index contributed by atoms with van der Waals surface area (Å²) in [7, 11) is 1.39. The zero-order valence-electron chi connectivity index (χ0n) is 21.5. The van der Waals surface area contributed by atoms with Crippen LogP contribution in [0.15, 0.2) is 18.5 Å². The molecule has 21 heteroatoms. The van der Waals surface area contributed by atoms with E-state index < -0.39 is 47.8 Å². The van der Waals surface area contributed by atoms with Crippen molar-refractivity contribution in [1.29, 1.82) is 0 Å². The number of aromatic nitrogens is 4. The van der Waals surface area contributed by atoms with Crippen LogP contribution < -0.4 is 15.4 Å². The number of carbonyl (C=O) groups excluding carboxylic acids is 2. The van der Waals surface area contributed by atoms with Gasteiger partial charge in [-0.1, -0.05) is 23.2 Å². The molecule has 0 atom stereocenters. The number of aromatic amines is 1. The minimum atomic E-state index is -7.13. The van der Waals surface area contributed by atoms with Crippen LogP contribution in [0.1, 0.15) is 17.3 Å². The fourth-order valence-corrected chi connectivity index (χ4v) is 3.61. The molecule has 3 N–H and O–H groups in total. The second-order valence-corrected chi connectivity index (χ2v) is 9.53. The Morgan fingerprint density at radius 1 is 1.00 bits per heavy atom. The number of nitrogens with zero attached hydrogens (tertiary/aromatic N) is 4. The molecule has 0 aliphatic carbocycles. The van der Waals surface area contributed by atoms with E-state index in [0.29, 0.717) is 0 Å². The van der Waals surface area contributed by atoms with Gasteiger partial charge in [0.2, 0.25) is 17.7 Å². The maximum atomic E-state index is 14.0. The van der Waals surface area contributed by atoms with Crippen molar-refractivity contribution in [2.75, 3.05) is 32.1 Å². The number of fused-ring (bicyclic) bond motifs is 1. The summed E-state index contributed by atoms with van der Waals surface area (Å²) in [4.78, 5) is 39.8. The van der Waals surface area contributed by atoms with Gasteiger partial charge in [-0.2, -0.15) is 44.5 Å². The summed E-state index contributed by atoms with van der Waals surface area (Å²) in [5.74, 6) is -22.9. The van der Waals surface area contributed by atoms with Crippen LogP contribution in [0.5, 0.6) is 5.88 Å². The molecule has 43 heavy (non-hydrogen) atoms. The predicted octanol–water partition coefficient (Wildman–Crippen LogP) is 5.46. The number of amides is 2. The van der Waals surface area contributed by atoms with Crippen LogP contribution in [-0.4, -0.2) is 87.3 Å². The Bertz CT molecular complexity index is 1500. The van der Waals surface area contributed by atoms with Crippen molar-refractivity contribution in [2.45, 2.75) is 30.9 Å². The summed E-state index contributed by atoms with van der Waals surface area (Å²) in [6.07, 6.45) is -4.54. The van der Waals surface area contributed by atoms with Gasteiger partial charge < -0.3 is 25.3 Å². The van der Waals surface area contributed by atoms with Crippen LogP contribution in [-0.2, 0) is 4.79 Å². The number of hydrogen-bond donors (Lipinski definition) is 3. The lowest BCUT2D eigenvalue weighted by Crippen LogP contribution is -2.63. The molecule has 3 aromatic rings. The van der Waals surface area contributed by atoms with E-state index in [1.165, 1.54) is 36.6 Å². The van der Waals surface area contributed by atoms with Crippen LogP contribution >= 0.6 is 23.2 Å². The van der Waals surface area contributed by atoms with Crippen LogP contribution in [0.25, 0.3) is 11.2 Å². The quantitative estimate of drug-likeness (QED) is 0.232. The van der Waals surface area contributed by atoms with E-state index >= 15 is 0 Å². The topological polar surface area (TPSA) is 125 Å². The normalized spacial score (nSPS) is 12.8. The smallest absolute Gasteiger partial charge is 0.460 e. The molecule has 10 nitrogen and oxygen atoms in total. The monoisotopic (exact) mass is 669 g/mol. The third-order valence-corrected chi connectivity index (χ3v) is 6.23. The lowest BCUT2D eigenvalue weighted by Gasteiger charge is -2.33. The average Bonchev–Trinajstić information content (AvgIpc) is 3.29. The number of H-pyrrole nitrogens is 1. The minimum absolute atomic E-state index is 0.0634. The Labute approximate surface area is 244 Å². The first kappa shape index (κ1) is 33.8. The number of pyridine rings is 2. The first-order valence-corrected chi connectivity index (χ1v) is 12.2. The van der Waals surface area contributed by atoms with Gasteiger partial charge in [0.15, 0.2) is 5.65 Å². The predicted molar refractivity (Wildman–Crippen MR) is 133 cm³/mol. The second-order valence-electron chi connectivity index (χ2n) is 8.72. The van der Waals surface area contributed by atoms with Gasteiger partial charge in [-0.3, -0.25) is 14.6 Å². The maximum absolute atomic E-state index is 14.0. The van der Waals surface area contributed by atoms with Crippen molar-refractivity contribution in [2.24, 2.45) is 0 Å². The van der Waals surface area contributed by atoms with Gasteiger partial charge in [0.05, 0.1) is 28.8 Å². The second kappa shape index (κ2) is 12.1. The number of imidazole rings is 1. The van der Waals surface area contributed by atoms with E-state index in [1.54, 1.807) is 0 Å². The van der Waals surface area contributed by atoms with E-state index in [1.807, 2.05) is 0 Å². The number of rotatable bonds is 11.